The van der Waals surface area contributed by atoms with E-state index in [1.54, 1.807) is 77.0 Å². The van der Waals surface area contributed by atoms with E-state index in [0.29, 0.717) is 182 Å². The normalized spacial score (nSPS) is 18.1. The number of rotatable bonds is 30. The number of aromatic nitrogens is 4. The van der Waals surface area contributed by atoms with Crippen molar-refractivity contribution in [1.29, 1.82) is 0 Å². The first-order chi connectivity index (χ1) is 56.3. The van der Waals surface area contributed by atoms with E-state index in [2.05, 4.69) is 9.80 Å². The molecule has 26 heteroatoms. The van der Waals surface area contributed by atoms with Gasteiger partial charge in [0.25, 0.3) is 11.8 Å². The van der Waals surface area contributed by atoms with Gasteiger partial charge in [-0.25, -0.2) is 28.3 Å². The predicted molar refractivity (Wildman–Crippen MR) is 431 cm³/mol. The third-order valence-electron chi connectivity index (χ3n) is 23.8. The molecule has 4 aliphatic rings. The van der Waals surface area contributed by atoms with E-state index in [-0.39, 0.29) is 62.2 Å². The number of piperidine rings is 2. The van der Waals surface area contributed by atoms with Gasteiger partial charge in [-0.05, 0) is 158 Å². The highest BCUT2D eigenvalue weighted by Crippen LogP contribution is 2.49. The first-order valence-corrected chi connectivity index (χ1v) is 38.9. The molecule has 0 spiro atoms. The summed E-state index contributed by atoms with van der Waals surface area (Å²) in [6.07, 6.45) is 5.86. The van der Waals surface area contributed by atoms with Crippen molar-refractivity contribution in [3.8, 4) is 57.5 Å². The summed E-state index contributed by atoms with van der Waals surface area (Å²) in [5.41, 5.74) is 3.32. The van der Waals surface area contributed by atoms with E-state index < -0.39 is 34.0 Å². The smallest absolute Gasteiger partial charge is 0.332 e. The Morgan fingerprint density at radius 2 is 0.733 bits per heavy atom. The molecule has 6 heterocycles. The second-order valence-electron chi connectivity index (χ2n) is 30.1. The number of ether oxygens (including phenoxy) is 12. The number of likely N-dealkylation sites (tertiary alicyclic amines) is 4. The number of esters is 2. The van der Waals surface area contributed by atoms with Crippen molar-refractivity contribution in [3.05, 3.63) is 227 Å². The van der Waals surface area contributed by atoms with E-state index in [4.69, 9.17) is 66.8 Å². The average molecular weight is 1590 g/mol. The number of halogens is 2. The lowest BCUT2D eigenvalue weighted by Crippen LogP contribution is -2.48. The molecule has 116 heavy (non-hydrogen) atoms. The van der Waals surface area contributed by atoms with Crippen LogP contribution in [0.15, 0.2) is 170 Å². The number of benzene rings is 8. The minimum absolute atomic E-state index is 0.198. The quantitative estimate of drug-likeness (QED) is 0.0301. The zero-order valence-electron chi connectivity index (χ0n) is 67.2. The summed E-state index contributed by atoms with van der Waals surface area (Å²) in [6.45, 7) is 5.12. The Balaban J connectivity index is 0.749. The molecule has 24 nitrogen and oxygen atoms in total. The number of para-hydroxylation sites is 4. The van der Waals surface area contributed by atoms with Gasteiger partial charge >= 0.3 is 11.9 Å². The second-order valence-corrected chi connectivity index (χ2v) is 30.1. The van der Waals surface area contributed by atoms with Gasteiger partial charge in [-0.15, -0.1) is 0 Å². The van der Waals surface area contributed by atoms with Crippen molar-refractivity contribution in [2.75, 3.05) is 137 Å². The van der Waals surface area contributed by atoms with Gasteiger partial charge in [0.2, 0.25) is 11.5 Å². The first kappa shape index (κ1) is 80.7. The lowest BCUT2D eigenvalue weighted by molar-refractivity contribution is -0.165. The maximum absolute atomic E-state index is 15.2. The highest BCUT2D eigenvalue weighted by atomic mass is 19.1. The summed E-state index contributed by atoms with van der Waals surface area (Å²) in [4.78, 5) is 78.7. The fraction of sp³-hybridized carbons (Fsp3) is 0.378. The van der Waals surface area contributed by atoms with Crippen molar-refractivity contribution in [2.24, 2.45) is 0 Å². The lowest BCUT2D eigenvalue weighted by atomic mass is 9.76. The number of nitrogens with zero attached hydrogens (tertiary/aromatic N) is 8. The van der Waals surface area contributed by atoms with E-state index in [1.165, 1.54) is 66.9 Å². The third-order valence-corrected chi connectivity index (χ3v) is 23.8. The van der Waals surface area contributed by atoms with Crippen LogP contribution in [0.25, 0.3) is 22.1 Å². The third kappa shape index (κ3) is 16.3. The van der Waals surface area contributed by atoms with E-state index >= 15 is 9.59 Å². The number of hydrogen-bond donors (Lipinski definition) is 0. The maximum atomic E-state index is 15.2. The van der Waals surface area contributed by atoms with Crippen molar-refractivity contribution in [3.63, 3.8) is 0 Å². The van der Waals surface area contributed by atoms with E-state index in [1.807, 2.05) is 104 Å². The molecule has 2 aromatic heterocycles. The fourth-order valence-corrected chi connectivity index (χ4v) is 17.4. The Labute approximate surface area is 673 Å². The molecule has 0 radical (unpaired) electrons. The molecule has 8 aromatic carbocycles. The van der Waals surface area contributed by atoms with Crippen LogP contribution in [0.3, 0.4) is 0 Å². The van der Waals surface area contributed by atoms with Gasteiger partial charge in [-0.1, -0.05) is 60.7 Å². The molecule has 14 rings (SSSR count). The highest BCUT2D eigenvalue weighted by Gasteiger charge is 2.49. The molecule has 2 amide bonds. The number of amides is 2. The lowest BCUT2D eigenvalue weighted by Gasteiger charge is -2.42. The van der Waals surface area contributed by atoms with Crippen molar-refractivity contribution < 1.29 is 84.8 Å². The number of carbonyl (C=O) groups is 4. The zero-order valence-corrected chi connectivity index (χ0v) is 67.2. The fourth-order valence-electron chi connectivity index (χ4n) is 17.4. The summed E-state index contributed by atoms with van der Waals surface area (Å²) in [5.74, 6) is 2.65. The molecular weight excluding hydrogens is 1490 g/mol. The molecule has 4 aliphatic heterocycles. The molecular formula is C90H98F2N8O16. The van der Waals surface area contributed by atoms with Gasteiger partial charge in [0, 0.05) is 125 Å². The Morgan fingerprint density at radius 3 is 1.07 bits per heavy atom. The number of imidazole rings is 2. The van der Waals surface area contributed by atoms with Crippen LogP contribution in [0.5, 0.6) is 57.5 Å². The molecule has 2 atom stereocenters. The van der Waals surface area contributed by atoms with E-state index in [9.17, 15) is 18.4 Å². The Kier molecular flexibility index (Phi) is 24.1. The van der Waals surface area contributed by atoms with Crippen LogP contribution >= 0.6 is 0 Å². The number of hydrogen-bond acceptors (Lipinski definition) is 20. The number of fused-ring (bicyclic) bond motifs is 2. The van der Waals surface area contributed by atoms with Crippen LogP contribution in [-0.4, -0.2) is 199 Å². The Morgan fingerprint density at radius 1 is 0.388 bits per heavy atom. The van der Waals surface area contributed by atoms with Crippen LogP contribution in [0.1, 0.15) is 106 Å². The molecule has 0 saturated carbocycles. The summed E-state index contributed by atoms with van der Waals surface area (Å²) in [7, 11) is 15.5. The molecule has 608 valence electrons. The maximum Gasteiger partial charge on any atom is 0.332 e. The summed E-state index contributed by atoms with van der Waals surface area (Å²) < 4.78 is 104. The number of methoxy groups -OCH3 is 10. The van der Waals surface area contributed by atoms with Crippen molar-refractivity contribution in [1.82, 2.24) is 38.7 Å². The van der Waals surface area contributed by atoms with Gasteiger partial charge in [-0.3, -0.25) is 9.59 Å². The van der Waals surface area contributed by atoms with Gasteiger partial charge in [-0.2, -0.15) is 0 Å². The van der Waals surface area contributed by atoms with Crippen molar-refractivity contribution in [2.45, 2.75) is 86.5 Å². The second kappa shape index (κ2) is 34.7. The number of carbonyl (C=O) groups excluding carboxylic acids is 4. The van der Waals surface area contributed by atoms with Crippen LogP contribution < -0.4 is 47.4 Å². The monoisotopic (exact) mass is 1580 g/mol. The minimum atomic E-state index is -1.37. The minimum Gasteiger partial charge on any atom is -0.493 e. The van der Waals surface area contributed by atoms with Gasteiger partial charge in [0.15, 0.2) is 68.8 Å². The molecule has 4 saturated heterocycles. The van der Waals surface area contributed by atoms with Crippen molar-refractivity contribution >= 4 is 45.8 Å². The standard InChI is InChI=1S/C90H98F2N8O16/c1-105-71-29-23-63(53-73(71)107-3)87(35-47-97(57-87)83(103)61-49-75(109-5)81(113-9)76(50-61)110-6)33-41-95-43-37-89(38-44-95,85-93-67-15-11-13-17-69(67)99(85)55-59-19-25-65(91)26-20-59)115-79(101)31-32-80(102)116-90(86-94-68-16-12-14-18-70(68)100(86)56-60-21-27-66(92)28-22-60)39-45-96(46-40-90)42-34-88(64-24-30-72(106-2)74(54-64)108-4)36-48-98(58-88)84(104)62-51-77(111-7)82(114-10)78(52-62)112-8/h11-32,49-54H,33-48,55-58H2,1-10H3/b32-31-. The molecule has 2 unspecified atom stereocenters. The van der Waals surface area contributed by atoms with Gasteiger partial charge < -0.3 is 85.6 Å². The van der Waals surface area contributed by atoms with Crippen LogP contribution in [0.2, 0.25) is 0 Å². The molecule has 0 N–H and O–H groups in total. The largest absolute Gasteiger partial charge is 0.493 e. The van der Waals surface area contributed by atoms with Gasteiger partial charge in [0.1, 0.15) is 11.6 Å². The van der Waals surface area contributed by atoms with Crippen LogP contribution in [-0.2, 0) is 54.2 Å². The highest BCUT2D eigenvalue weighted by molar-refractivity contribution is 5.97. The van der Waals surface area contributed by atoms with Crippen LogP contribution in [0.4, 0.5) is 8.78 Å². The van der Waals surface area contributed by atoms with Gasteiger partial charge in [0.05, 0.1) is 93.2 Å². The molecule has 4 fully saturated rings. The zero-order chi connectivity index (χ0) is 81.5. The molecule has 10 aromatic rings. The molecule has 0 bridgehead atoms. The SMILES string of the molecule is COc1ccc(C2(CCN3CCC(OC(=O)/C=C\C(=O)OC4(c5nc6ccccc6n5Cc5ccc(F)cc5)CCN(CCC5(c6ccc(OC)c(OC)c6)CCN(C(=O)c6cc(OC)c(OC)c(OC)c6)C5)CC4)(c4nc5ccccc5n4Cc4ccc(F)cc4)CC3)CCN(C(=O)c3cc(OC)c(OC)c(OC)c3)C2)cc1OC. The van der Waals surface area contributed by atoms with E-state index in [0.717, 1.165) is 45.4 Å². The average Bonchev–Trinajstić information content (AvgIpc) is 1.58. The summed E-state index contributed by atoms with van der Waals surface area (Å²) in [6, 6.07) is 46.5. The topological polar surface area (TPSA) is 228 Å². The summed E-state index contributed by atoms with van der Waals surface area (Å²) in [5, 5.41) is 0. The molecule has 0 aliphatic carbocycles. The Hall–Kier alpha value is -11.9. The van der Waals surface area contributed by atoms with Crippen LogP contribution in [0, 0.1) is 11.6 Å². The first-order valence-electron chi connectivity index (χ1n) is 38.9. The Bertz CT molecular complexity index is 4900. The summed E-state index contributed by atoms with van der Waals surface area (Å²) >= 11 is 0. The predicted octanol–water partition coefficient (Wildman–Crippen LogP) is 13.5.